The molecule has 1 aromatic heterocycles. The van der Waals surface area contributed by atoms with E-state index in [1.807, 2.05) is 20.8 Å². The number of pyridine rings is 1. The molecule has 1 rings (SSSR count). The molecule has 0 aliphatic heterocycles. The van der Waals surface area contributed by atoms with Crippen LogP contribution in [0.25, 0.3) is 0 Å². The van der Waals surface area contributed by atoms with Gasteiger partial charge in [0.2, 0.25) is 0 Å². The van der Waals surface area contributed by atoms with Crippen LogP contribution in [0.3, 0.4) is 0 Å². The van der Waals surface area contributed by atoms with Crippen LogP contribution in [0.1, 0.15) is 44.0 Å². The first-order chi connectivity index (χ1) is 9.45. The third-order valence-corrected chi connectivity index (χ3v) is 2.66. The van der Waals surface area contributed by atoms with Crippen LogP contribution in [0.15, 0.2) is 18.3 Å². The molecule has 6 heteroatoms. The Bertz CT molecular complexity index is 474. The van der Waals surface area contributed by atoms with Gasteiger partial charge in [0.25, 0.3) is 5.91 Å². The molecular formula is C14H21N3O3. The number of rotatable bonds is 7. The van der Waals surface area contributed by atoms with E-state index in [1.165, 1.54) is 0 Å². The number of carbonyl (C=O) groups is 2. The van der Waals surface area contributed by atoms with Gasteiger partial charge in [0.05, 0.1) is 5.56 Å². The normalized spacial score (nSPS) is 12.0. The zero-order chi connectivity index (χ0) is 15.1. The number of amides is 1. The van der Waals surface area contributed by atoms with Crippen molar-refractivity contribution in [2.24, 2.45) is 0 Å². The first-order valence-electron chi connectivity index (χ1n) is 6.71. The zero-order valence-corrected chi connectivity index (χ0v) is 12.0. The van der Waals surface area contributed by atoms with Crippen LogP contribution in [-0.4, -0.2) is 34.1 Å². The Morgan fingerprint density at radius 3 is 2.65 bits per heavy atom. The monoisotopic (exact) mass is 279 g/mol. The highest BCUT2D eigenvalue weighted by atomic mass is 16.4. The average Bonchev–Trinajstić information content (AvgIpc) is 2.37. The SMILES string of the molecule is CCCC(NC(=O)c1cccnc1NC(C)C)C(=O)O. The summed E-state index contributed by atoms with van der Waals surface area (Å²) in [6.07, 6.45) is 2.66. The Morgan fingerprint density at radius 1 is 1.40 bits per heavy atom. The lowest BCUT2D eigenvalue weighted by Crippen LogP contribution is -2.41. The quantitative estimate of drug-likeness (QED) is 0.709. The third kappa shape index (κ3) is 4.53. The lowest BCUT2D eigenvalue weighted by atomic mass is 10.1. The molecular weight excluding hydrogens is 258 g/mol. The fourth-order valence-corrected chi connectivity index (χ4v) is 1.76. The van der Waals surface area contributed by atoms with Gasteiger partial charge in [0.1, 0.15) is 11.9 Å². The van der Waals surface area contributed by atoms with E-state index in [0.717, 1.165) is 0 Å². The molecule has 1 amide bonds. The molecule has 20 heavy (non-hydrogen) atoms. The molecule has 0 fully saturated rings. The predicted molar refractivity (Wildman–Crippen MR) is 76.8 cm³/mol. The molecule has 0 aromatic carbocycles. The van der Waals surface area contributed by atoms with Crippen LogP contribution < -0.4 is 10.6 Å². The summed E-state index contributed by atoms with van der Waals surface area (Å²) in [5, 5.41) is 14.7. The number of nitrogens with one attached hydrogen (secondary N) is 2. The largest absolute Gasteiger partial charge is 0.480 e. The van der Waals surface area contributed by atoms with Crippen LogP contribution in [0.4, 0.5) is 5.82 Å². The number of hydrogen-bond donors (Lipinski definition) is 3. The minimum atomic E-state index is -1.03. The maximum atomic E-state index is 12.2. The molecule has 0 aliphatic rings. The van der Waals surface area contributed by atoms with E-state index in [-0.39, 0.29) is 6.04 Å². The van der Waals surface area contributed by atoms with Gasteiger partial charge in [-0.2, -0.15) is 0 Å². The van der Waals surface area contributed by atoms with E-state index in [1.54, 1.807) is 18.3 Å². The van der Waals surface area contributed by atoms with Crippen LogP contribution in [0, 0.1) is 0 Å². The Kier molecular flexibility index (Phi) is 5.96. The van der Waals surface area contributed by atoms with Gasteiger partial charge in [0, 0.05) is 12.2 Å². The Hall–Kier alpha value is -2.11. The predicted octanol–water partition coefficient (Wildman–Crippen LogP) is 1.88. The van der Waals surface area contributed by atoms with Crippen molar-refractivity contribution in [3.63, 3.8) is 0 Å². The molecule has 1 atom stereocenters. The van der Waals surface area contributed by atoms with Gasteiger partial charge in [-0.25, -0.2) is 9.78 Å². The second-order valence-corrected chi connectivity index (χ2v) is 4.85. The van der Waals surface area contributed by atoms with Crippen molar-refractivity contribution in [1.82, 2.24) is 10.3 Å². The van der Waals surface area contributed by atoms with Crippen molar-refractivity contribution in [2.75, 3.05) is 5.32 Å². The highest BCUT2D eigenvalue weighted by Gasteiger charge is 2.21. The van der Waals surface area contributed by atoms with Crippen LogP contribution in [0.5, 0.6) is 0 Å². The summed E-state index contributed by atoms with van der Waals surface area (Å²) in [6.45, 7) is 5.75. The molecule has 1 aromatic rings. The maximum Gasteiger partial charge on any atom is 0.326 e. The van der Waals surface area contributed by atoms with Crippen molar-refractivity contribution in [3.8, 4) is 0 Å². The summed E-state index contributed by atoms with van der Waals surface area (Å²) in [5.41, 5.74) is 0.351. The second kappa shape index (κ2) is 7.47. The minimum Gasteiger partial charge on any atom is -0.480 e. The molecule has 1 unspecified atom stereocenters. The van der Waals surface area contributed by atoms with E-state index >= 15 is 0 Å². The maximum absolute atomic E-state index is 12.2. The van der Waals surface area contributed by atoms with Crippen molar-refractivity contribution in [3.05, 3.63) is 23.9 Å². The van der Waals surface area contributed by atoms with Gasteiger partial charge in [-0.1, -0.05) is 13.3 Å². The first kappa shape index (κ1) is 15.9. The van der Waals surface area contributed by atoms with E-state index in [0.29, 0.717) is 24.2 Å². The molecule has 0 aliphatic carbocycles. The summed E-state index contributed by atoms with van der Waals surface area (Å²) in [7, 11) is 0. The molecule has 6 nitrogen and oxygen atoms in total. The number of carboxylic acid groups (broad SMARTS) is 1. The van der Waals surface area contributed by atoms with Crippen molar-refractivity contribution >= 4 is 17.7 Å². The number of aromatic nitrogens is 1. The van der Waals surface area contributed by atoms with Crippen LogP contribution in [-0.2, 0) is 4.79 Å². The molecule has 0 saturated heterocycles. The molecule has 0 radical (unpaired) electrons. The molecule has 0 spiro atoms. The van der Waals surface area contributed by atoms with E-state index in [2.05, 4.69) is 15.6 Å². The molecule has 0 saturated carbocycles. The first-order valence-corrected chi connectivity index (χ1v) is 6.71. The fraction of sp³-hybridized carbons (Fsp3) is 0.500. The van der Waals surface area contributed by atoms with Crippen molar-refractivity contribution in [2.45, 2.75) is 45.7 Å². The van der Waals surface area contributed by atoms with Gasteiger partial charge in [0.15, 0.2) is 0 Å². The third-order valence-electron chi connectivity index (χ3n) is 2.66. The summed E-state index contributed by atoms with van der Waals surface area (Å²) in [6, 6.07) is 2.52. The molecule has 110 valence electrons. The Morgan fingerprint density at radius 2 is 2.10 bits per heavy atom. The topological polar surface area (TPSA) is 91.3 Å². The van der Waals surface area contributed by atoms with Crippen molar-refractivity contribution in [1.29, 1.82) is 0 Å². The molecule has 1 heterocycles. The summed E-state index contributed by atoms with van der Waals surface area (Å²) >= 11 is 0. The molecule has 3 N–H and O–H groups in total. The number of aliphatic carboxylic acids is 1. The van der Waals surface area contributed by atoms with E-state index in [4.69, 9.17) is 5.11 Å². The number of carbonyl (C=O) groups excluding carboxylic acids is 1. The average molecular weight is 279 g/mol. The van der Waals surface area contributed by atoms with Crippen LogP contribution >= 0.6 is 0 Å². The lowest BCUT2D eigenvalue weighted by Gasteiger charge is -2.16. The van der Waals surface area contributed by atoms with Gasteiger partial charge < -0.3 is 15.7 Å². The van der Waals surface area contributed by atoms with Gasteiger partial charge in [-0.05, 0) is 32.4 Å². The highest BCUT2D eigenvalue weighted by Crippen LogP contribution is 2.13. The van der Waals surface area contributed by atoms with Crippen LogP contribution in [0.2, 0.25) is 0 Å². The summed E-state index contributed by atoms with van der Waals surface area (Å²) < 4.78 is 0. The Balaban J connectivity index is 2.88. The van der Waals surface area contributed by atoms with Crippen molar-refractivity contribution < 1.29 is 14.7 Å². The lowest BCUT2D eigenvalue weighted by molar-refractivity contribution is -0.139. The van der Waals surface area contributed by atoms with E-state index < -0.39 is 17.9 Å². The highest BCUT2D eigenvalue weighted by molar-refractivity contribution is 6.00. The minimum absolute atomic E-state index is 0.127. The van der Waals surface area contributed by atoms with Gasteiger partial charge >= 0.3 is 5.97 Å². The smallest absolute Gasteiger partial charge is 0.326 e. The zero-order valence-electron chi connectivity index (χ0n) is 12.0. The number of carboxylic acids is 1. The Labute approximate surface area is 118 Å². The standard InChI is InChI=1S/C14H21N3O3/c1-4-6-11(14(19)20)17-13(18)10-7-5-8-15-12(10)16-9(2)3/h5,7-9,11H,4,6H2,1-3H3,(H,15,16)(H,17,18)(H,19,20). The number of nitrogens with zero attached hydrogens (tertiary/aromatic N) is 1. The number of anilines is 1. The fourth-order valence-electron chi connectivity index (χ4n) is 1.76. The van der Waals surface area contributed by atoms with E-state index in [9.17, 15) is 9.59 Å². The van der Waals surface area contributed by atoms with Gasteiger partial charge in [-0.15, -0.1) is 0 Å². The van der Waals surface area contributed by atoms with Gasteiger partial charge in [-0.3, -0.25) is 4.79 Å². The molecule has 0 bridgehead atoms. The number of hydrogen-bond acceptors (Lipinski definition) is 4. The summed E-state index contributed by atoms with van der Waals surface area (Å²) in [4.78, 5) is 27.4. The summed E-state index contributed by atoms with van der Waals surface area (Å²) in [5.74, 6) is -0.995. The second-order valence-electron chi connectivity index (χ2n) is 4.85.